The molecule has 0 radical (unpaired) electrons. The Bertz CT molecular complexity index is 1970. The number of hydrogen-bond donors (Lipinski definition) is 3. The van der Waals surface area contributed by atoms with Crippen LogP contribution in [0.2, 0.25) is 10.0 Å². The summed E-state index contributed by atoms with van der Waals surface area (Å²) in [6.07, 6.45) is 17.3. The van der Waals surface area contributed by atoms with Gasteiger partial charge in [0.05, 0.1) is 16.3 Å². The molecule has 12 heteroatoms. The van der Waals surface area contributed by atoms with E-state index in [0.717, 1.165) is 54.5 Å². The fourth-order valence-electron chi connectivity index (χ4n) is 9.10. The van der Waals surface area contributed by atoms with E-state index in [1.54, 1.807) is 6.07 Å². The van der Waals surface area contributed by atoms with Crippen LogP contribution in [-0.4, -0.2) is 87.8 Å². The summed E-state index contributed by atoms with van der Waals surface area (Å²) in [5.74, 6) is -3.35. The van der Waals surface area contributed by atoms with E-state index in [1.165, 1.54) is 6.07 Å². The molecule has 2 fully saturated rings. The van der Waals surface area contributed by atoms with E-state index >= 15 is 0 Å². The first-order chi connectivity index (χ1) is 23.8. The average molecular weight is 759 g/mol. The summed E-state index contributed by atoms with van der Waals surface area (Å²) in [5, 5.41) is 20.0. The van der Waals surface area contributed by atoms with Crippen molar-refractivity contribution in [2.75, 3.05) is 19.3 Å². The molecular formula is C39H47Cl2N2O7S+. The first-order valence-electron chi connectivity index (χ1n) is 17.6. The van der Waals surface area contributed by atoms with E-state index in [0.29, 0.717) is 17.6 Å². The second kappa shape index (κ2) is 13.8. The molecule has 9 nitrogen and oxygen atoms in total. The first-order valence-corrected chi connectivity index (χ1v) is 20.0. The average Bonchev–Trinajstić information content (AvgIpc) is 3.03. The van der Waals surface area contributed by atoms with Crippen molar-refractivity contribution < 1.29 is 37.3 Å². The van der Waals surface area contributed by atoms with Crippen LogP contribution in [0.15, 0.2) is 70.4 Å². The normalized spacial score (nSPS) is 28.9. The summed E-state index contributed by atoms with van der Waals surface area (Å²) in [6, 6.07) is 2.99. The predicted octanol–water partition coefficient (Wildman–Crippen LogP) is 7.58. The van der Waals surface area contributed by atoms with Crippen molar-refractivity contribution in [2.24, 2.45) is 17.3 Å². The zero-order valence-electron chi connectivity index (χ0n) is 29.7. The highest BCUT2D eigenvalue weighted by atomic mass is 35.5. The molecule has 2 aliphatic heterocycles. The van der Waals surface area contributed by atoms with E-state index in [-0.39, 0.29) is 40.0 Å². The number of benzene rings is 1. The van der Waals surface area contributed by atoms with Gasteiger partial charge in [-0.05, 0) is 91.8 Å². The van der Waals surface area contributed by atoms with Crippen LogP contribution in [0.3, 0.4) is 0 Å². The maximum atomic E-state index is 12.9. The number of carbonyl (C=O) groups is 2. The second-order valence-electron chi connectivity index (χ2n) is 15.7. The summed E-state index contributed by atoms with van der Waals surface area (Å²) < 4.78 is 37.1. The summed E-state index contributed by atoms with van der Waals surface area (Å²) in [7, 11) is -2.34. The van der Waals surface area contributed by atoms with E-state index in [4.69, 9.17) is 28.3 Å². The van der Waals surface area contributed by atoms with Crippen molar-refractivity contribution in [3.05, 3.63) is 91.6 Å². The topological polar surface area (TPSA) is 135 Å². The van der Waals surface area contributed by atoms with Gasteiger partial charge in [0.25, 0.3) is 10.1 Å². The minimum absolute atomic E-state index is 0.0609. The zero-order valence-corrected chi connectivity index (χ0v) is 32.0. The molecule has 5 aliphatic rings. The predicted molar refractivity (Wildman–Crippen MR) is 200 cm³/mol. The number of allylic oxidation sites excluding steroid dienone is 4. The van der Waals surface area contributed by atoms with Gasteiger partial charge in [0.2, 0.25) is 0 Å². The van der Waals surface area contributed by atoms with Crippen LogP contribution in [0.1, 0.15) is 88.1 Å². The highest BCUT2D eigenvalue weighted by molar-refractivity contribution is 7.86. The summed E-state index contributed by atoms with van der Waals surface area (Å²) in [5.41, 5.74) is 3.82. The third-order valence-electron chi connectivity index (χ3n) is 11.7. The number of carboxylic acids is 2. The molecule has 0 amide bonds. The van der Waals surface area contributed by atoms with Crippen LogP contribution < -0.4 is 0 Å². The van der Waals surface area contributed by atoms with Crippen molar-refractivity contribution in [2.45, 2.75) is 89.8 Å². The number of carboxylic acid groups (broad SMARTS) is 2. The van der Waals surface area contributed by atoms with E-state index in [1.807, 2.05) is 27.0 Å². The standard InChI is InChI=1S/C39H46Cl2N2O7S/c1-38(2)20-23(21-51(48,49)50)24-17-26-28(19-32(24)42(38)5)39(3,4)27-18-31-22(10-9-15-43(31)14-8-6-7-11-33(44)45)16-25(27)34(26)35-29(40)12-13-30(41)36(35)37(46)47/h12-14,16-20,22,24,31-32,34H,6-11,15,21H2,1-5H3,(H2-,44,45,46,47,48,49,50)/p+1. The molecule has 5 atom stereocenters. The van der Waals surface area contributed by atoms with Crippen LogP contribution in [-0.2, 0) is 14.9 Å². The smallest absolute Gasteiger partial charge is 0.337 e. The van der Waals surface area contributed by atoms with E-state index in [2.05, 4.69) is 53.8 Å². The number of likely N-dealkylation sites (N-methyl/N-ethyl adjacent to an activating group) is 1. The molecule has 1 saturated carbocycles. The van der Waals surface area contributed by atoms with Gasteiger partial charge in [-0.3, -0.25) is 14.2 Å². The number of fused-ring (bicyclic) bond motifs is 4. The van der Waals surface area contributed by atoms with Crippen LogP contribution in [0.25, 0.3) is 0 Å². The van der Waals surface area contributed by atoms with Gasteiger partial charge in [-0.25, -0.2) is 9.37 Å². The highest BCUT2D eigenvalue weighted by Gasteiger charge is 2.52. The number of hydrogen-bond acceptors (Lipinski definition) is 5. The lowest BCUT2D eigenvalue weighted by atomic mass is 9.54. The molecule has 1 aromatic carbocycles. The quantitative estimate of drug-likeness (QED) is 0.102. The van der Waals surface area contributed by atoms with Gasteiger partial charge < -0.3 is 10.2 Å². The molecule has 6 rings (SSSR count). The van der Waals surface area contributed by atoms with Gasteiger partial charge >= 0.3 is 11.9 Å². The lowest BCUT2D eigenvalue weighted by molar-refractivity contribution is -0.568. The Balaban J connectivity index is 1.56. The Hall–Kier alpha value is -3.02. The van der Waals surface area contributed by atoms with Gasteiger partial charge in [-0.15, -0.1) is 0 Å². The van der Waals surface area contributed by atoms with Gasteiger partial charge in [-0.1, -0.05) is 61.4 Å². The number of halogens is 2. The number of aliphatic carboxylic acids is 1. The molecule has 3 N–H and O–H groups in total. The Morgan fingerprint density at radius 1 is 1.00 bits per heavy atom. The highest BCUT2D eigenvalue weighted by Crippen LogP contribution is 2.61. The summed E-state index contributed by atoms with van der Waals surface area (Å²) in [4.78, 5) is 26.2. The minimum atomic E-state index is -4.35. The molecule has 0 spiro atoms. The molecule has 274 valence electrons. The van der Waals surface area contributed by atoms with Crippen LogP contribution in [0.4, 0.5) is 0 Å². The number of piperidine rings is 1. The van der Waals surface area contributed by atoms with Crippen molar-refractivity contribution in [1.29, 1.82) is 0 Å². The largest absolute Gasteiger partial charge is 0.481 e. The fourth-order valence-corrected chi connectivity index (χ4v) is 10.3. The van der Waals surface area contributed by atoms with Gasteiger partial charge in [0, 0.05) is 59.0 Å². The summed E-state index contributed by atoms with van der Waals surface area (Å²) >= 11 is 13.6. The SMILES string of the molecule is CN1C2C=C3C(=CC2C(CS(=O)(=O)O)=CC1(C)C)C(c1c(Cl)ccc(Cl)c1C(=O)O)C1=CC2CCC[N+](=CCCCCC(=O)O)C2C=C1C3(C)C. The maximum Gasteiger partial charge on any atom is 0.337 e. The summed E-state index contributed by atoms with van der Waals surface area (Å²) in [6.45, 7) is 9.30. The second-order valence-corrected chi connectivity index (χ2v) is 17.9. The van der Waals surface area contributed by atoms with Gasteiger partial charge in [0.1, 0.15) is 12.8 Å². The lowest BCUT2D eigenvalue weighted by Gasteiger charge is -2.53. The molecule has 2 heterocycles. The fraction of sp³-hybridized carbons (Fsp3) is 0.513. The van der Waals surface area contributed by atoms with Crippen molar-refractivity contribution in [1.82, 2.24) is 4.90 Å². The van der Waals surface area contributed by atoms with Crippen molar-refractivity contribution >= 4 is 51.5 Å². The first kappa shape index (κ1) is 37.7. The molecule has 51 heavy (non-hydrogen) atoms. The van der Waals surface area contributed by atoms with E-state index in [9.17, 15) is 27.7 Å². The molecule has 0 aromatic heterocycles. The van der Waals surface area contributed by atoms with E-state index < -0.39 is 50.6 Å². The Morgan fingerprint density at radius 2 is 1.67 bits per heavy atom. The molecule has 0 bridgehead atoms. The Kier molecular flexibility index (Phi) is 10.2. The zero-order chi connectivity index (χ0) is 37.2. The Morgan fingerprint density at radius 3 is 2.33 bits per heavy atom. The molecule has 1 aromatic rings. The monoisotopic (exact) mass is 757 g/mol. The van der Waals surface area contributed by atoms with Gasteiger partial charge in [-0.2, -0.15) is 8.42 Å². The van der Waals surface area contributed by atoms with Crippen molar-refractivity contribution in [3.8, 4) is 0 Å². The van der Waals surface area contributed by atoms with Crippen molar-refractivity contribution in [3.63, 3.8) is 0 Å². The number of unbranched alkanes of at least 4 members (excludes halogenated alkanes) is 2. The van der Waals surface area contributed by atoms with Crippen LogP contribution in [0.5, 0.6) is 0 Å². The maximum absolute atomic E-state index is 12.9. The molecule has 5 unspecified atom stereocenters. The number of aromatic carboxylic acids is 1. The Labute approximate surface area is 310 Å². The number of nitrogens with zero attached hydrogens (tertiary/aromatic N) is 2. The number of rotatable bonds is 9. The van der Waals surface area contributed by atoms with Crippen LogP contribution in [0, 0.1) is 17.3 Å². The van der Waals surface area contributed by atoms with Crippen LogP contribution >= 0.6 is 23.2 Å². The minimum Gasteiger partial charge on any atom is -0.481 e. The lowest BCUT2D eigenvalue weighted by Crippen LogP contribution is -2.54. The van der Waals surface area contributed by atoms with Gasteiger partial charge in [0.15, 0.2) is 6.04 Å². The third-order valence-corrected chi connectivity index (χ3v) is 13.0. The molecular weight excluding hydrogens is 711 g/mol. The molecule has 3 aliphatic carbocycles. The third kappa shape index (κ3) is 7.07. The molecule has 1 saturated heterocycles.